The van der Waals surface area contributed by atoms with E-state index in [4.69, 9.17) is 14.2 Å². The number of hydrogen-bond donors (Lipinski definition) is 4. The van der Waals surface area contributed by atoms with Crippen LogP contribution in [0.5, 0.6) is 17.2 Å². The molecule has 0 radical (unpaired) electrons. The summed E-state index contributed by atoms with van der Waals surface area (Å²) >= 11 is 1.59. The number of H-pyrrole nitrogens is 1. The molecule has 0 bridgehead atoms. The molecule has 2 aromatic carbocycles. The Kier molecular flexibility index (Phi) is 9.71. The molecular formula is C28H34N6O6S. The van der Waals surface area contributed by atoms with Crippen molar-refractivity contribution >= 4 is 35.2 Å². The van der Waals surface area contributed by atoms with Crippen molar-refractivity contribution in [1.29, 1.82) is 0 Å². The number of carbonyl (C=O) groups excluding carboxylic acids is 2. The van der Waals surface area contributed by atoms with Gasteiger partial charge in [-0.1, -0.05) is 6.07 Å². The van der Waals surface area contributed by atoms with Crippen molar-refractivity contribution < 1.29 is 23.8 Å². The van der Waals surface area contributed by atoms with Gasteiger partial charge in [0.2, 0.25) is 28.9 Å². The largest absolute Gasteiger partial charge is 0.493 e. The summed E-state index contributed by atoms with van der Waals surface area (Å²) in [5.74, 6) is 1.72. The first-order valence-electron chi connectivity index (χ1n) is 13.0. The predicted octanol–water partition coefficient (Wildman–Crippen LogP) is 3.15. The standard InChI is InChI=1S/C28H34N6O6S/c1-15(35)31-19-8-6-16-12-23(38-2)25(39-3)26(40-4)24(16)17-7-9-20(22(36)13-18(17)19)32-21(10-11-41-5)27(37)33-28-29-14-30-34-28/h7,9,12-14,19,21H,6,8,10-11H2,1-5H3,(H,31,35)(H,32,36)(H2,29,30,33,34,37). The lowest BCUT2D eigenvalue weighted by Crippen LogP contribution is -2.36. The van der Waals surface area contributed by atoms with Gasteiger partial charge >= 0.3 is 0 Å². The number of hydrogen-bond acceptors (Lipinski definition) is 10. The third-order valence-electron chi connectivity index (χ3n) is 6.83. The van der Waals surface area contributed by atoms with Gasteiger partial charge in [0, 0.05) is 12.5 Å². The van der Waals surface area contributed by atoms with Gasteiger partial charge in [0.05, 0.1) is 33.1 Å². The van der Waals surface area contributed by atoms with Crippen LogP contribution in [0, 0.1) is 0 Å². The zero-order chi connectivity index (χ0) is 29.5. The molecule has 0 fully saturated rings. The van der Waals surface area contributed by atoms with Crippen molar-refractivity contribution in [2.45, 2.75) is 38.3 Å². The molecule has 218 valence electrons. The van der Waals surface area contributed by atoms with Gasteiger partial charge in [-0.3, -0.25) is 19.7 Å². The Morgan fingerprint density at radius 2 is 1.93 bits per heavy atom. The normalized spacial score (nSPS) is 14.5. The van der Waals surface area contributed by atoms with Gasteiger partial charge in [-0.2, -0.15) is 21.8 Å². The Morgan fingerprint density at radius 1 is 1.15 bits per heavy atom. The van der Waals surface area contributed by atoms with Gasteiger partial charge < -0.3 is 24.8 Å². The second-order valence-electron chi connectivity index (χ2n) is 9.40. The molecular weight excluding hydrogens is 548 g/mol. The fourth-order valence-electron chi connectivity index (χ4n) is 4.99. The molecule has 4 N–H and O–H groups in total. The third-order valence-corrected chi connectivity index (χ3v) is 7.47. The van der Waals surface area contributed by atoms with E-state index in [0.29, 0.717) is 53.4 Å². The fraction of sp³-hybridized carbons (Fsp3) is 0.393. The number of rotatable bonds is 11. The molecule has 0 saturated heterocycles. The van der Waals surface area contributed by atoms with E-state index >= 15 is 0 Å². The van der Waals surface area contributed by atoms with Gasteiger partial charge in [0.15, 0.2) is 11.5 Å². The highest BCUT2D eigenvalue weighted by Gasteiger charge is 2.30. The molecule has 4 rings (SSSR count). The van der Waals surface area contributed by atoms with Crippen LogP contribution < -0.4 is 35.6 Å². The van der Waals surface area contributed by atoms with Crippen molar-refractivity contribution in [3.63, 3.8) is 0 Å². The highest BCUT2D eigenvalue weighted by atomic mass is 32.2. The van der Waals surface area contributed by atoms with Crippen molar-refractivity contribution in [2.75, 3.05) is 44.0 Å². The average Bonchev–Trinajstić information content (AvgIpc) is 3.36. The summed E-state index contributed by atoms with van der Waals surface area (Å²) in [6.45, 7) is 1.45. The van der Waals surface area contributed by atoms with Gasteiger partial charge in [0.25, 0.3) is 0 Å². The van der Waals surface area contributed by atoms with E-state index in [1.165, 1.54) is 26.4 Å². The third kappa shape index (κ3) is 6.56. The predicted molar refractivity (Wildman–Crippen MR) is 158 cm³/mol. The van der Waals surface area contributed by atoms with Crippen LogP contribution in [-0.4, -0.2) is 66.4 Å². The van der Waals surface area contributed by atoms with Crippen LogP contribution in [-0.2, 0) is 16.0 Å². The maximum absolute atomic E-state index is 13.7. The molecule has 13 heteroatoms. The number of benzene rings is 1. The van der Waals surface area contributed by atoms with E-state index in [2.05, 4.69) is 31.1 Å². The lowest BCUT2D eigenvalue weighted by molar-refractivity contribution is -0.120. The molecule has 12 nitrogen and oxygen atoms in total. The summed E-state index contributed by atoms with van der Waals surface area (Å²) < 4.78 is 17.1. The Morgan fingerprint density at radius 3 is 2.56 bits per heavy atom. The van der Waals surface area contributed by atoms with Crippen LogP contribution in [0.3, 0.4) is 0 Å². The Balaban J connectivity index is 1.86. The highest BCUT2D eigenvalue weighted by Crippen LogP contribution is 2.50. The molecule has 0 spiro atoms. The second kappa shape index (κ2) is 13.4. The van der Waals surface area contributed by atoms with Crippen LogP contribution in [0.15, 0.2) is 35.4 Å². The van der Waals surface area contributed by atoms with Crippen molar-refractivity contribution in [3.05, 3.63) is 51.9 Å². The molecule has 2 amide bonds. The minimum atomic E-state index is -0.722. The Hall–Kier alpha value is -4.26. The minimum Gasteiger partial charge on any atom is -0.493 e. The zero-order valence-corrected chi connectivity index (χ0v) is 24.4. The second-order valence-corrected chi connectivity index (χ2v) is 10.4. The van der Waals surface area contributed by atoms with Gasteiger partial charge in [-0.05, 0) is 66.2 Å². The summed E-state index contributed by atoms with van der Waals surface area (Å²) in [6.07, 6.45) is 4.83. The molecule has 3 aromatic rings. The number of aryl methyl sites for hydroxylation is 1. The van der Waals surface area contributed by atoms with Crippen molar-refractivity contribution in [2.24, 2.45) is 0 Å². The number of aromatic amines is 1. The zero-order valence-electron chi connectivity index (χ0n) is 23.6. The van der Waals surface area contributed by atoms with Crippen molar-refractivity contribution in [1.82, 2.24) is 20.5 Å². The topological polar surface area (TPSA) is 157 Å². The fourth-order valence-corrected chi connectivity index (χ4v) is 5.46. The van der Waals surface area contributed by atoms with Crippen molar-refractivity contribution in [3.8, 4) is 28.4 Å². The first kappa shape index (κ1) is 29.7. The minimum absolute atomic E-state index is 0.213. The SMILES string of the molecule is COc1cc2c(c(OC)c1OC)-c1ccc(NC(CCSC)C(=O)Nc3ncn[nH]3)c(=O)cc1C(NC(C)=O)CC2. The molecule has 1 aliphatic carbocycles. The molecule has 0 saturated carbocycles. The molecule has 1 heterocycles. The monoisotopic (exact) mass is 582 g/mol. The van der Waals surface area contributed by atoms with Crippen LogP contribution in [0.25, 0.3) is 11.1 Å². The number of aromatic nitrogens is 3. The molecule has 1 aliphatic rings. The van der Waals surface area contributed by atoms with Crippen LogP contribution >= 0.6 is 11.8 Å². The van der Waals surface area contributed by atoms with Gasteiger partial charge in [-0.15, -0.1) is 0 Å². The molecule has 2 atom stereocenters. The van der Waals surface area contributed by atoms with Crippen LogP contribution in [0.2, 0.25) is 0 Å². The molecule has 1 aromatic heterocycles. The Labute approximate surface area is 242 Å². The quantitative estimate of drug-likeness (QED) is 0.265. The number of thioether (sulfide) groups is 1. The summed E-state index contributed by atoms with van der Waals surface area (Å²) in [5.41, 5.74) is 2.91. The number of fused-ring (bicyclic) bond motifs is 3. The molecule has 41 heavy (non-hydrogen) atoms. The van der Waals surface area contributed by atoms with Gasteiger partial charge in [0.1, 0.15) is 12.4 Å². The van der Waals surface area contributed by atoms with E-state index < -0.39 is 12.1 Å². The smallest absolute Gasteiger partial charge is 0.249 e. The number of nitrogens with zero attached hydrogens (tertiary/aromatic N) is 2. The van der Waals surface area contributed by atoms with E-state index in [0.717, 1.165) is 11.1 Å². The maximum Gasteiger partial charge on any atom is 0.249 e. The number of amides is 2. The first-order chi connectivity index (χ1) is 19.8. The number of nitrogens with one attached hydrogen (secondary N) is 4. The lowest BCUT2D eigenvalue weighted by atomic mass is 9.95. The first-order valence-corrected chi connectivity index (χ1v) is 14.4. The summed E-state index contributed by atoms with van der Waals surface area (Å²) in [4.78, 5) is 42.9. The molecule has 0 aliphatic heterocycles. The van der Waals surface area contributed by atoms with E-state index in [9.17, 15) is 14.4 Å². The van der Waals surface area contributed by atoms with E-state index in [1.54, 1.807) is 32.0 Å². The summed E-state index contributed by atoms with van der Waals surface area (Å²) in [6, 6.07) is 5.72. The maximum atomic E-state index is 13.7. The van der Waals surface area contributed by atoms with E-state index in [-0.39, 0.29) is 28.9 Å². The van der Waals surface area contributed by atoms with Gasteiger partial charge in [-0.25, -0.2) is 5.10 Å². The number of methoxy groups -OCH3 is 3. The van der Waals surface area contributed by atoms with E-state index in [1.807, 2.05) is 18.4 Å². The summed E-state index contributed by atoms with van der Waals surface area (Å²) in [5, 5.41) is 15.2. The number of carbonyl (C=O) groups is 2. The number of ether oxygens (including phenoxy) is 3. The molecule has 2 unspecified atom stereocenters. The average molecular weight is 583 g/mol. The van der Waals surface area contributed by atoms with Crippen LogP contribution in [0.1, 0.15) is 36.9 Å². The van der Waals surface area contributed by atoms with Crippen LogP contribution in [0.4, 0.5) is 11.6 Å². The lowest BCUT2D eigenvalue weighted by Gasteiger charge is -2.19. The number of anilines is 2. The summed E-state index contributed by atoms with van der Waals surface area (Å²) in [7, 11) is 4.64. The Bertz CT molecular complexity index is 1470. The highest BCUT2D eigenvalue weighted by molar-refractivity contribution is 7.98.